The van der Waals surface area contributed by atoms with Crippen LogP contribution in [0.1, 0.15) is 13.3 Å². The summed E-state index contributed by atoms with van der Waals surface area (Å²) >= 11 is 0. The molecule has 10 heteroatoms. The van der Waals surface area contributed by atoms with E-state index in [-0.39, 0.29) is 17.9 Å². The number of rotatable bonds is 1. The molecular formula is C19H26N8O2. The van der Waals surface area contributed by atoms with E-state index in [1.165, 1.54) is 0 Å². The molecule has 5 rings (SSSR count). The topological polar surface area (TPSA) is 99.0 Å². The molecule has 1 unspecified atom stereocenters. The molecule has 29 heavy (non-hydrogen) atoms. The number of fused-ring (bicyclic) bond motifs is 2. The van der Waals surface area contributed by atoms with Gasteiger partial charge in [0.05, 0.1) is 0 Å². The van der Waals surface area contributed by atoms with Gasteiger partial charge in [-0.05, 0) is 38.3 Å². The van der Waals surface area contributed by atoms with E-state index in [0.717, 1.165) is 25.3 Å². The van der Waals surface area contributed by atoms with Crippen LogP contribution in [-0.4, -0.2) is 93.1 Å². The SMILES string of the molecule is CC1CN(C(=O)C(=O)N2CC[C@@H]3CNC[C@@H]3C2)CCN1c1nccn2cnnc12. The van der Waals surface area contributed by atoms with E-state index in [1.54, 1.807) is 22.3 Å². The van der Waals surface area contributed by atoms with Gasteiger partial charge in [0.25, 0.3) is 0 Å². The number of anilines is 1. The van der Waals surface area contributed by atoms with E-state index in [0.29, 0.717) is 50.2 Å². The molecule has 0 spiro atoms. The molecule has 3 aliphatic heterocycles. The van der Waals surface area contributed by atoms with Crippen LogP contribution in [0.25, 0.3) is 5.65 Å². The van der Waals surface area contributed by atoms with Gasteiger partial charge in [0, 0.05) is 51.2 Å². The maximum atomic E-state index is 12.9. The largest absolute Gasteiger partial charge is 0.347 e. The van der Waals surface area contributed by atoms with Gasteiger partial charge >= 0.3 is 11.8 Å². The highest BCUT2D eigenvalue weighted by Gasteiger charge is 2.38. The van der Waals surface area contributed by atoms with Crippen LogP contribution in [-0.2, 0) is 9.59 Å². The fraction of sp³-hybridized carbons (Fsp3) is 0.632. The highest BCUT2D eigenvalue weighted by molar-refractivity contribution is 6.35. The van der Waals surface area contributed by atoms with Gasteiger partial charge in [-0.1, -0.05) is 0 Å². The summed E-state index contributed by atoms with van der Waals surface area (Å²) in [7, 11) is 0. The van der Waals surface area contributed by atoms with Crippen molar-refractivity contribution >= 4 is 23.3 Å². The number of piperidine rings is 1. The minimum absolute atomic E-state index is 0.0284. The van der Waals surface area contributed by atoms with Crippen molar-refractivity contribution in [3.63, 3.8) is 0 Å². The monoisotopic (exact) mass is 398 g/mol. The standard InChI is InChI=1S/C19H26N8O2/c1-13-10-25(6-7-27(13)16-17-23-22-12-26(17)5-3-21-16)19(29)18(28)24-4-2-14-8-20-9-15(14)11-24/h3,5,12-15,20H,2,4,6-11H2,1H3/t13?,14-,15-/m1/s1. The van der Waals surface area contributed by atoms with Gasteiger partial charge in [0.1, 0.15) is 6.33 Å². The Morgan fingerprint density at radius 2 is 1.86 bits per heavy atom. The number of amides is 2. The van der Waals surface area contributed by atoms with Gasteiger partial charge in [-0.25, -0.2) is 4.98 Å². The number of carbonyl (C=O) groups excluding carboxylic acids is 2. The lowest BCUT2D eigenvalue weighted by Gasteiger charge is -2.41. The fourth-order valence-corrected chi connectivity index (χ4v) is 4.89. The molecule has 1 N–H and O–H groups in total. The molecule has 2 aromatic heterocycles. The Morgan fingerprint density at radius 3 is 2.69 bits per heavy atom. The van der Waals surface area contributed by atoms with Gasteiger partial charge in [0.2, 0.25) is 5.65 Å². The third kappa shape index (κ3) is 3.21. The van der Waals surface area contributed by atoms with E-state index in [9.17, 15) is 9.59 Å². The summed E-state index contributed by atoms with van der Waals surface area (Å²) in [6, 6.07) is 0.0284. The molecule has 3 saturated heterocycles. The predicted octanol–water partition coefficient (Wildman–Crippen LogP) is -0.771. The summed E-state index contributed by atoms with van der Waals surface area (Å²) in [4.78, 5) is 35.8. The number of aromatic nitrogens is 4. The first kappa shape index (κ1) is 18.3. The van der Waals surface area contributed by atoms with Crippen LogP contribution in [0.5, 0.6) is 0 Å². The number of likely N-dealkylation sites (tertiary alicyclic amines) is 1. The van der Waals surface area contributed by atoms with E-state index in [2.05, 4.69) is 25.4 Å². The van der Waals surface area contributed by atoms with Crippen molar-refractivity contribution in [2.24, 2.45) is 11.8 Å². The Balaban J connectivity index is 1.25. The summed E-state index contributed by atoms with van der Waals surface area (Å²) in [6.45, 7) is 6.98. The Kier molecular flexibility index (Phi) is 4.57. The molecule has 0 bridgehead atoms. The van der Waals surface area contributed by atoms with Gasteiger partial charge in [-0.2, -0.15) is 0 Å². The molecule has 0 aliphatic carbocycles. The minimum Gasteiger partial charge on any atom is -0.347 e. The van der Waals surface area contributed by atoms with Gasteiger partial charge in [-0.15, -0.1) is 10.2 Å². The zero-order chi connectivity index (χ0) is 20.0. The van der Waals surface area contributed by atoms with Crippen molar-refractivity contribution in [3.05, 3.63) is 18.7 Å². The zero-order valence-electron chi connectivity index (χ0n) is 16.6. The number of piperazine rings is 1. The normalized spacial score (nSPS) is 27.3. The second-order valence-corrected chi connectivity index (χ2v) is 8.32. The molecular weight excluding hydrogens is 372 g/mol. The Bertz CT molecular complexity index is 930. The first-order chi connectivity index (χ1) is 14.1. The van der Waals surface area contributed by atoms with Crippen LogP contribution in [0, 0.1) is 11.8 Å². The molecule has 0 saturated carbocycles. The highest BCUT2D eigenvalue weighted by atomic mass is 16.2. The van der Waals surface area contributed by atoms with Crippen LogP contribution in [0.3, 0.4) is 0 Å². The molecule has 2 amide bonds. The number of nitrogens with one attached hydrogen (secondary N) is 1. The van der Waals surface area contributed by atoms with Crippen molar-refractivity contribution in [1.29, 1.82) is 0 Å². The third-order valence-electron chi connectivity index (χ3n) is 6.56. The molecule has 3 atom stereocenters. The number of nitrogens with zero attached hydrogens (tertiary/aromatic N) is 7. The Hall–Kier alpha value is -2.75. The summed E-state index contributed by atoms with van der Waals surface area (Å²) in [5.74, 6) is 1.14. The maximum absolute atomic E-state index is 12.9. The first-order valence-electron chi connectivity index (χ1n) is 10.3. The smallest absolute Gasteiger partial charge is 0.312 e. The molecule has 0 radical (unpaired) electrons. The van der Waals surface area contributed by atoms with Crippen LogP contribution in [0.4, 0.5) is 5.82 Å². The summed E-state index contributed by atoms with van der Waals surface area (Å²) in [6.07, 6.45) is 6.16. The van der Waals surface area contributed by atoms with Crippen LogP contribution in [0.15, 0.2) is 18.7 Å². The first-order valence-corrected chi connectivity index (χ1v) is 10.3. The van der Waals surface area contributed by atoms with E-state index in [4.69, 9.17) is 0 Å². The van der Waals surface area contributed by atoms with Crippen molar-refractivity contribution < 1.29 is 9.59 Å². The van der Waals surface area contributed by atoms with Crippen LogP contribution in [0.2, 0.25) is 0 Å². The number of hydrogen-bond donors (Lipinski definition) is 1. The molecule has 3 aliphatic rings. The lowest BCUT2D eigenvalue weighted by atomic mass is 9.88. The van der Waals surface area contributed by atoms with Crippen LogP contribution < -0.4 is 10.2 Å². The summed E-state index contributed by atoms with van der Waals surface area (Å²) in [5.41, 5.74) is 0.697. The van der Waals surface area contributed by atoms with Crippen molar-refractivity contribution in [3.8, 4) is 0 Å². The van der Waals surface area contributed by atoms with Gasteiger partial charge < -0.3 is 20.0 Å². The summed E-state index contributed by atoms with van der Waals surface area (Å²) < 4.78 is 1.83. The highest BCUT2D eigenvalue weighted by Crippen LogP contribution is 2.27. The van der Waals surface area contributed by atoms with Crippen molar-refractivity contribution in [2.45, 2.75) is 19.4 Å². The van der Waals surface area contributed by atoms with E-state index >= 15 is 0 Å². The van der Waals surface area contributed by atoms with Gasteiger partial charge in [0.15, 0.2) is 5.82 Å². The van der Waals surface area contributed by atoms with E-state index in [1.807, 2.05) is 17.5 Å². The Morgan fingerprint density at radius 1 is 1.07 bits per heavy atom. The molecule has 2 aromatic rings. The Labute approximate surface area is 168 Å². The molecule has 154 valence electrons. The molecule has 3 fully saturated rings. The van der Waals surface area contributed by atoms with Crippen molar-refractivity contribution in [1.82, 2.24) is 34.7 Å². The average Bonchev–Trinajstić information content (AvgIpc) is 3.41. The second-order valence-electron chi connectivity index (χ2n) is 8.32. The number of carbonyl (C=O) groups is 2. The quantitative estimate of drug-likeness (QED) is 0.630. The summed E-state index contributed by atoms with van der Waals surface area (Å²) in [5, 5.41) is 11.5. The van der Waals surface area contributed by atoms with E-state index < -0.39 is 0 Å². The predicted molar refractivity (Wildman–Crippen MR) is 105 cm³/mol. The van der Waals surface area contributed by atoms with Gasteiger partial charge in [-0.3, -0.25) is 14.0 Å². The maximum Gasteiger partial charge on any atom is 0.312 e. The lowest BCUT2D eigenvalue weighted by molar-refractivity contribution is -0.153. The second kappa shape index (κ2) is 7.25. The fourth-order valence-electron chi connectivity index (χ4n) is 4.89. The molecule has 0 aromatic carbocycles. The molecule has 5 heterocycles. The number of hydrogen-bond acceptors (Lipinski definition) is 7. The third-order valence-corrected chi connectivity index (χ3v) is 6.56. The van der Waals surface area contributed by atoms with Crippen molar-refractivity contribution in [2.75, 3.05) is 50.7 Å². The average molecular weight is 398 g/mol. The van der Waals surface area contributed by atoms with Crippen LogP contribution >= 0.6 is 0 Å². The zero-order valence-corrected chi connectivity index (χ0v) is 16.6. The molecule has 10 nitrogen and oxygen atoms in total. The minimum atomic E-state index is -0.380. The lowest BCUT2D eigenvalue weighted by Crippen LogP contribution is -2.58.